The largest absolute Gasteiger partial charge is 0.497 e. The van der Waals surface area contributed by atoms with Gasteiger partial charge in [0.1, 0.15) is 17.5 Å². The van der Waals surface area contributed by atoms with E-state index in [9.17, 15) is 14.4 Å². The van der Waals surface area contributed by atoms with Gasteiger partial charge >= 0.3 is 5.69 Å². The number of hydrogen-bond acceptors (Lipinski definition) is 5. The van der Waals surface area contributed by atoms with Crippen molar-refractivity contribution < 1.29 is 14.3 Å². The number of carbonyl (C=O) groups is 1. The fourth-order valence-electron chi connectivity index (χ4n) is 3.74. The Kier molecular flexibility index (Phi) is 6.43. The van der Waals surface area contributed by atoms with Crippen molar-refractivity contribution in [2.75, 3.05) is 19.5 Å². The molecule has 0 unspecified atom stereocenters. The number of para-hydroxylation sites is 2. The van der Waals surface area contributed by atoms with Crippen LogP contribution in [0.3, 0.4) is 0 Å². The van der Waals surface area contributed by atoms with E-state index in [2.05, 4.69) is 5.32 Å². The van der Waals surface area contributed by atoms with Gasteiger partial charge in [0, 0.05) is 10.7 Å². The number of hydrogen-bond donors (Lipinski definition) is 1. The fourth-order valence-corrected chi connectivity index (χ4v) is 3.91. The smallest absolute Gasteiger partial charge is 0.337 e. The summed E-state index contributed by atoms with van der Waals surface area (Å²) in [5.41, 5.74) is -0.174. The van der Waals surface area contributed by atoms with E-state index in [1.54, 1.807) is 68.6 Å². The number of methoxy groups -OCH3 is 2. The van der Waals surface area contributed by atoms with Gasteiger partial charge in [-0.1, -0.05) is 23.7 Å². The van der Waals surface area contributed by atoms with Crippen LogP contribution in [0, 0.1) is 0 Å². The van der Waals surface area contributed by atoms with Gasteiger partial charge < -0.3 is 14.8 Å². The number of nitrogens with one attached hydrogen (secondary N) is 1. The highest BCUT2D eigenvalue weighted by atomic mass is 35.5. The first-order valence-corrected chi connectivity index (χ1v) is 10.8. The Morgan fingerprint density at radius 1 is 0.971 bits per heavy atom. The number of amides is 1. The lowest BCUT2D eigenvalue weighted by Gasteiger charge is -2.20. The van der Waals surface area contributed by atoms with Gasteiger partial charge in [-0.15, -0.1) is 0 Å². The van der Waals surface area contributed by atoms with Gasteiger partial charge in [-0.25, -0.2) is 9.36 Å². The van der Waals surface area contributed by atoms with Crippen molar-refractivity contribution in [3.63, 3.8) is 0 Å². The summed E-state index contributed by atoms with van der Waals surface area (Å²) in [5, 5.41) is 3.36. The Morgan fingerprint density at radius 2 is 1.68 bits per heavy atom. The van der Waals surface area contributed by atoms with Crippen LogP contribution in [0.5, 0.6) is 11.5 Å². The van der Waals surface area contributed by atoms with E-state index in [0.29, 0.717) is 22.2 Å². The molecule has 9 heteroatoms. The minimum Gasteiger partial charge on any atom is -0.497 e. The van der Waals surface area contributed by atoms with Gasteiger partial charge in [-0.2, -0.15) is 0 Å². The Balaban J connectivity index is 1.90. The summed E-state index contributed by atoms with van der Waals surface area (Å²) >= 11 is 6.19. The molecule has 0 bridgehead atoms. The predicted molar refractivity (Wildman–Crippen MR) is 132 cm³/mol. The van der Waals surface area contributed by atoms with E-state index in [0.717, 1.165) is 4.57 Å². The van der Waals surface area contributed by atoms with Crippen molar-refractivity contribution in [2.45, 2.75) is 13.0 Å². The lowest BCUT2D eigenvalue weighted by atomic mass is 10.2. The molecule has 1 atom stereocenters. The summed E-state index contributed by atoms with van der Waals surface area (Å²) in [6.07, 6.45) is 0. The molecular weight excluding hydrogens is 458 g/mol. The third-order valence-corrected chi connectivity index (χ3v) is 5.74. The van der Waals surface area contributed by atoms with Crippen LogP contribution in [0.15, 0.2) is 76.3 Å². The van der Waals surface area contributed by atoms with Gasteiger partial charge in [0.05, 0.1) is 30.8 Å². The molecule has 0 saturated heterocycles. The first-order valence-electron chi connectivity index (χ1n) is 10.4. The van der Waals surface area contributed by atoms with Crippen LogP contribution in [0.2, 0.25) is 5.02 Å². The number of ether oxygens (including phenoxy) is 2. The molecule has 0 radical (unpaired) electrons. The van der Waals surface area contributed by atoms with Crippen molar-refractivity contribution in [3.8, 4) is 17.2 Å². The minimum absolute atomic E-state index is 0.235. The summed E-state index contributed by atoms with van der Waals surface area (Å²) in [4.78, 5) is 40.2. The quantitative estimate of drug-likeness (QED) is 0.451. The molecule has 1 N–H and O–H groups in total. The van der Waals surface area contributed by atoms with Crippen molar-refractivity contribution in [2.24, 2.45) is 0 Å². The number of fused-ring (bicyclic) bond motifs is 1. The number of carbonyl (C=O) groups excluding carboxylic acids is 1. The predicted octanol–water partition coefficient (Wildman–Crippen LogP) is 4.02. The molecule has 4 aromatic rings. The van der Waals surface area contributed by atoms with Crippen LogP contribution in [-0.2, 0) is 4.79 Å². The van der Waals surface area contributed by atoms with Crippen molar-refractivity contribution in [3.05, 3.63) is 92.6 Å². The molecule has 0 spiro atoms. The molecule has 0 aliphatic rings. The third-order valence-electron chi connectivity index (χ3n) is 5.50. The molecule has 1 aromatic heterocycles. The zero-order valence-electron chi connectivity index (χ0n) is 18.7. The van der Waals surface area contributed by atoms with Crippen LogP contribution in [0.1, 0.15) is 13.0 Å². The molecule has 8 nitrogen and oxygen atoms in total. The van der Waals surface area contributed by atoms with Crippen LogP contribution >= 0.6 is 11.6 Å². The van der Waals surface area contributed by atoms with Crippen LogP contribution in [0.4, 0.5) is 5.69 Å². The number of anilines is 1. The molecule has 1 amide bonds. The molecule has 0 aliphatic carbocycles. The van der Waals surface area contributed by atoms with Gasteiger partial charge in [0.15, 0.2) is 0 Å². The maximum absolute atomic E-state index is 13.7. The first kappa shape index (κ1) is 23.1. The summed E-state index contributed by atoms with van der Waals surface area (Å²) in [7, 11) is 3.00. The number of aromatic nitrogens is 2. The van der Waals surface area contributed by atoms with E-state index in [1.165, 1.54) is 23.8 Å². The summed E-state index contributed by atoms with van der Waals surface area (Å²) in [6.45, 7) is 1.58. The molecule has 0 saturated carbocycles. The number of benzene rings is 3. The maximum atomic E-state index is 13.7. The normalized spacial score (nSPS) is 11.8. The summed E-state index contributed by atoms with van der Waals surface area (Å²) < 4.78 is 12.8. The second-order valence-electron chi connectivity index (χ2n) is 7.52. The van der Waals surface area contributed by atoms with Crippen LogP contribution < -0.4 is 26.0 Å². The fraction of sp³-hybridized carbons (Fsp3) is 0.160. The molecule has 3 aromatic carbocycles. The molecule has 174 valence electrons. The summed E-state index contributed by atoms with van der Waals surface area (Å²) in [5.74, 6) is 0.544. The summed E-state index contributed by atoms with van der Waals surface area (Å²) in [6, 6.07) is 17.1. The number of nitrogens with zero attached hydrogens (tertiary/aromatic N) is 2. The number of rotatable bonds is 6. The Morgan fingerprint density at radius 3 is 2.35 bits per heavy atom. The second-order valence-corrected chi connectivity index (χ2v) is 7.96. The van der Waals surface area contributed by atoms with E-state index in [1.807, 2.05) is 0 Å². The van der Waals surface area contributed by atoms with Crippen LogP contribution in [-0.4, -0.2) is 29.3 Å². The first-order chi connectivity index (χ1) is 16.3. The van der Waals surface area contributed by atoms with E-state index >= 15 is 0 Å². The SMILES string of the molecule is COc1ccc(NC(=O)[C@@H](C)n2c(=O)n(-c3ccccc3OC)c(=O)c3ccc(Cl)cc32)cc1. The lowest BCUT2D eigenvalue weighted by Crippen LogP contribution is -2.42. The molecule has 0 fully saturated rings. The average Bonchev–Trinajstić information content (AvgIpc) is 2.84. The Hall–Kier alpha value is -4.04. The minimum atomic E-state index is -0.975. The maximum Gasteiger partial charge on any atom is 0.337 e. The highest BCUT2D eigenvalue weighted by Gasteiger charge is 2.24. The molecule has 1 heterocycles. The van der Waals surface area contributed by atoms with E-state index in [-0.39, 0.29) is 16.6 Å². The van der Waals surface area contributed by atoms with Gasteiger partial charge in [0.25, 0.3) is 5.56 Å². The zero-order valence-corrected chi connectivity index (χ0v) is 19.5. The van der Waals surface area contributed by atoms with E-state index < -0.39 is 23.2 Å². The topological polar surface area (TPSA) is 91.6 Å². The monoisotopic (exact) mass is 479 g/mol. The highest BCUT2D eigenvalue weighted by molar-refractivity contribution is 6.31. The standard InChI is InChI=1S/C25H22ClN3O5/c1-15(23(30)27-17-9-11-18(33-2)12-10-17)28-21-14-16(26)8-13-19(21)24(31)29(25(28)32)20-6-4-5-7-22(20)34-3/h4-15H,1-3H3,(H,27,30)/t15-/m1/s1. The van der Waals surface area contributed by atoms with Crippen molar-refractivity contribution in [1.82, 2.24) is 9.13 Å². The molecule has 4 rings (SSSR count). The lowest BCUT2D eigenvalue weighted by molar-refractivity contribution is -0.118. The second kappa shape index (κ2) is 9.44. The molecule has 34 heavy (non-hydrogen) atoms. The van der Waals surface area contributed by atoms with Crippen molar-refractivity contribution >= 4 is 34.1 Å². The van der Waals surface area contributed by atoms with Crippen LogP contribution in [0.25, 0.3) is 16.6 Å². The van der Waals surface area contributed by atoms with E-state index in [4.69, 9.17) is 21.1 Å². The Labute approximate surface area is 199 Å². The average molecular weight is 480 g/mol. The van der Waals surface area contributed by atoms with Crippen molar-refractivity contribution in [1.29, 1.82) is 0 Å². The van der Waals surface area contributed by atoms with Gasteiger partial charge in [-0.3, -0.25) is 14.2 Å². The van der Waals surface area contributed by atoms with Gasteiger partial charge in [0.2, 0.25) is 5.91 Å². The highest BCUT2D eigenvalue weighted by Crippen LogP contribution is 2.24. The molecular formula is C25H22ClN3O5. The third kappa shape index (κ3) is 4.15. The Bertz CT molecular complexity index is 1490. The molecule has 0 aliphatic heterocycles. The number of halogens is 1. The van der Waals surface area contributed by atoms with Gasteiger partial charge in [-0.05, 0) is 61.5 Å². The zero-order chi connectivity index (χ0) is 24.4.